The second kappa shape index (κ2) is 3.40. The van der Waals surface area contributed by atoms with Crippen molar-refractivity contribution >= 4 is 11.5 Å². The van der Waals surface area contributed by atoms with Crippen molar-refractivity contribution in [3.05, 3.63) is 17.6 Å². The van der Waals surface area contributed by atoms with Crippen molar-refractivity contribution in [2.45, 2.75) is 6.92 Å². The molecule has 12 heavy (non-hydrogen) atoms. The van der Waals surface area contributed by atoms with Crippen LogP contribution in [-0.4, -0.2) is 19.4 Å². The summed E-state index contributed by atoms with van der Waals surface area (Å²) in [6.45, 7) is 2.00. The predicted molar refractivity (Wildman–Crippen MR) is 46.1 cm³/mol. The smallest absolute Gasteiger partial charge is 0.211 e. The highest BCUT2D eigenvalue weighted by Crippen LogP contribution is 2.16. The molecule has 0 aromatic carbocycles. The van der Waals surface area contributed by atoms with Crippen molar-refractivity contribution in [1.29, 1.82) is 0 Å². The van der Waals surface area contributed by atoms with Crippen LogP contribution in [0.25, 0.3) is 0 Å². The third-order valence-corrected chi connectivity index (χ3v) is 1.57. The zero-order chi connectivity index (χ0) is 9.14. The number of nitrogens with two attached hydrogens (primary N) is 1. The van der Waals surface area contributed by atoms with Gasteiger partial charge >= 0.3 is 0 Å². The molecule has 4 heteroatoms. The van der Waals surface area contributed by atoms with Gasteiger partial charge in [0.1, 0.15) is 5.76 Å². The number of rotatable bonds is 3. The topological polar surface area (TPSA) is 68.3 Å². The molecule has 0 atom stereocenters. The summed E-state index contributed by atoms with van der Waals surface area (Å²) < 4.78 is 5.11. The molecule has 0 saturated heterocycles. The van der Waals surface area contributed by atoms with Gasteiger partial charge in [-0.15, -0.1) is 0 Å². The number of ketones is 1. The number of anilines is 1. The Morgan fingerprint density at radius 1 is 1.75 bits per heavy atom. The van der Waals surface area contributed by atoms with Gasteiger partial charge in [0.15, 0.2) is 5.76 Å². The maximum absolute atomic E-state index is 11.2. The number of likely N-dealkylation sites (N-methyl/N-ethyl adjacent to an activating group) is 1. The van der Waals surface area contributed by atoms with Crippen molar-refractivity contribution in [2.75, 3.05) is 19.3 Å². The number of hydrogen-bond acceptors (Lipinski definition) is 4. The van der Waals surface area contributed by atoms with Gasteiger partial charge < -0.3 is 15.5 Å². The number of carbonyl (C=O) groups excluding carboxylic acids is 1. The molecule has 3 N–H and O–H groups in total. The molecular formula is C8H12N2O2. The summed E-state index contributed by atoms with van der Waals surface area (Å²) in [6.07, 6.45) is 0. The van der Waals surface area contributed by atoms with E-state index in [9.17, 15) is 4.79 Å². The summed E-state index contributed by atoms with van der Waals surface area (Å²) in [7, 11) is 1.71. The van der Waals surface area contributed by atoms with Crippen LogP contribution in [0.3, 0.4) is 0 Å². The fourth-order valence-corrected chi connectivity index (χ4v) is 0.881. The Morgan fingerprint density at radius 3 is 2.83 bits per heavy atom. The minimum Gasteiger partial charge on any atom is -0.456 e. The van der Waals surface area contributed by atoms with Crippen molar-refractivity contribution in [3.63, 3.8) is 0 Å². The van der Waals surface area contributed by atoms with Gasteiger partial charge in [-0.3, -0.25) is 4.79 Å². The second-order valence-corrected chi connectivity index (χ2v) is 2.58. The third kappa shape index (κ3) is 1.65. The van der Waals surface area contributed by atoms with Gasteiger partial charge in [0.05, 0.1) is 12.2 Å². The number of Topliss-reactive ketones (excluding diaryl/α,β-unsaturated/α-hetero) is 1. The molecule has 1 aromatic heterocycles. The first-order chi connectivity index (χ1) is 5.65. The standard InChI is InChI=1S/C8H12N2O2/c1-5-6(9)3-8(12-5)7(11)4-10-2/h3,10H,4,9H2,1-2H3. The predicted octanol–water partition coefficient (Wildman–Crippen LogP) is 0.572. The Balaban J connectivity index is 2.82. The monoisotopic (exact) mass is 168 g/mol. The van der Waals surface area contributed by atoms with Gasteiger partial charge in [-0.25, -0.2) is 0 Å². The first kappa shape index (κ1) is 8.80. The van der Waals surface area contributed by atoms with E-state index >= 15 is 0 Å². The number of aryl methyl sites for hydroxylation is 1. The Kier molecular flexibility index (Phi) is 2.50. The highest BCUT2D eigenvalue weighted by atomic mass is 16.3. The molecule has 0 aliphatic carbocycles. The molecule has 0 amide bonds. The minimum absolute atomic E-state index is 0.0858. The summed E-state index contributed by atoms with van der Waals surface area (Å²) in [5, 5.41) is 2.74. The molecule has 1 aromatic rings. The largest absolute Gasteiger partial charge is 0.456 e. The molecule has 0 radical (unpaired) electrons. The average Bonchev–Trinajstić information content (AvgIpc) is 2.33. The Labute approximate surface area is 70.7 Å². The van der Waals surface area contributed by atoms with E-state index < -0.39 is 0 Å². The lowest BCUT2D eigenvalue weighted by Gasteiger charge is -1.93. The maximum atomic E-state index is 11.2. The van der Waals surface area contributed by atoms with E-state index in [0.29, 0.717) is 17.2 Å². The van der Waals surface area contributed by atoms with Crippen LogP contribution in [0.5, 0.6) is 0 Å². The van der Waals surface area contributed by atoms with Crippen molar-refractivity contribution in [3.8, 4) is 0 Å². The molecule has 0 spiro atoms. The molecule has 0 fully saturated rings. The summed E-state index contributed by atoms with van der Waals surface area (Å²) in [5.74, 6) is 0.825. The lowest BCUT2D eigenvalue weighted by atomic mass is 10.3. The van der Waals surface area contributed by atoms with Crippen LogP contribution in [-0.2, 0) is 0 Å². The fraction of sp³-hybridized carbons (Fsp3) is 0.375. The van der Waals surface area contributed by atoms with Gasteiger partial charge in [0, 0.05) is 6.07 Å². The first-order valence-corrected chi connectivity index (χ1v) is 3.69. The Morgan fingerprint density at radius 2 is 2.42 bits per heavy atom. The SMILES string of the molecule is CNCC(=O)c1cc(N)c(C)o1. The molecule has 0 aliphatic rings. The van der Waals surface area contributed by atoms with Crippen molar-refractivity contribution in [1.82, 2.24) is 5.32 Å². The highest BCUT2D eigenvalue weighted by molar-refractivity contribution is 5.96. The summed E-state index contributed by atoms with van der Waals surface area (Å²) >= 11 is 0. The number of furan rings is 1. The van der Waals surface area contributed by atoms with E-state index in [1.807, 2.05) is 0 Å². The molecule has 1 rings (SSSR count). The van der Waals surface area contributed by atoms with Gasteiger partial charge in [-0.05, 0) is 14.0 Å². The molecule has 1 heterocycles. The van der Waals surface area contributed by atoms with E-state index in [2.05, 4.69) is 5.32 Å². The maximum Gasteiger partial charge on any atom is 0.211 e. The van der Waals surface area contributed by atoms with Crippen LogP contribution in [0, 0.1) is 6.92 Å². The van der Waals surface area contributed by atoms with E-state index in [0.717, 1.165) is 0 Å². The summed E-state index contributed by atoms with van der Waals surface area (Å²) in [6, 6.07) is 1.55. The summed E-state index contributed by atoms with van der Waals surface area (Å²) in [5.41, 5.74) is 6.03. The minimum atomic E-state index is -0.0858. The van der Waals surface area contributed by atoms with Crippen LogP contribution in [0.1, 0.15) is 16.3 Å². The zero-order valence-electron chi connectivity index (χ0n) is 7.18. The molecular weight excluding hydrogens is 156 g/mol. The quantitative estimate of drug-likeness (QED) is 0.647. The van der Waals surface area contributed by atoms with Gasteiger partial charge in [0.2, 0.25) is 5.78 Å². The van der Waals surface area contributed by atoms with Crippen LogP contribution in [0.2, 0.25) is 0 Å². The van der Waals surface area contributed by atoms with Crippen molar-refractivity contribution < 1.29 is 9.21 Å². The molecule has 0 bridgehead atoms. The van der Waals surface area contributed by atoms with Crippen LogP contribution in [0.4, 0.5) is 5.69 Å². The van der Waals surface area contributed by atoms with Crippen LogP contribution in [0.15, 0.2) is 10.5 Å². The number of nitrogens with one attached hydrogen (secondary N) is 1. The zero-order valence-corrected chi connectivity index (χ0v) is 7.18. The van der Waals surface area contributed by atoms with Crippen LogP contribution < -0.4 is 11.1 Å². The highest BCUT2D eigenvalue weighted by Gasteiger charge is 2.11. The molecule has 0 unspecified atom stereocenters. The number of hydrogen-bond donors (Lipinski definition) is 2. The molecule has 0 saturated carbocycles. The molecule has 66 valence electrons. The fourth-order valence-electron chi connectivity index (χ4n) is 0.881. The van der Waals surface area contributed by atoms with Crippen molar-refractivity contribution in [2.24, 2.45) is 0 Å². The van der Waals surface area contributed by atoms with E-state index in [4.69, 9.17) is 10.2 Å². The average molecular weight is 168 g/mol. The Hall–Kier alpha value is -1.29. The normalized spacial score (nSPS) is 10.2. The summed E-state index contributed by atoms with van der Waals surface area (Å²) in [4.78, 5) is 11.2. The van der Waals surface area contributed by atoms with E-state index in [-0.39, 0.29) is 12.3 Å². The molecule has 0 aliphatic heterocycles. The lowest BCUT2D eigenvalue weighted by molar-refractivity contribution is 0.0966. The first-order valence-electron chi connectivity index (χ1n) is 3.69. The Bertz CT molecular complexity index is 272. The molecule has 4 nitrogen and oxygen atoms in total. The second-order valence-electron chi connectivity index (χ2n) is 2.58. The number of nitrogen functional groups attached to an aromatic ring is 1. The van der Waals surface area contributed by atoms with E-state index in [1.54, 1.807) is 20.0 Å². The third-order valence-electron chi connectivity index (χ3n) is 1.57. The number of carbonyl (C=O) groups is 1. The van der Waals surface area contributed by atoms with Gasteiger partial charge in [-0.2, -0.15) is 0 Å². The van der Waals surface area contributed by atoms with E-state index in [1.165, 1.54) is 0 Å². The van der Waals surface area contributed by atoms with Gasteiger partial charge in [0.25, 0.3) is 0 Å². The lowest BCUT2D eigenvalue weighted by Crippen LogP contribution is -2.17. The van der Waals surface area contributed by atoms with Crippen LogP contribution >= 0.6 is 0 Å². The van der Waals surface area contributed by atoms with Gasteiger partial charge in [-0.1, -0.05) is 0 Å².